The van der Waals surface area contributed by atoms with Crippen molar-refractivity contribution in [3.05, 3.63) is 131 Å². The van der Waals surface area contributed by atoms with Gasteiger partial charge in [0, 0.05) is 38.8 Å². The number of carbonyl (C=O) groups is 3. The summed E-state index contributed by atoms with van der Waals surface area (Å²) in [4.78, 5) is 42.8. The van der Waals surface area contributed by atoms with Gasteiger partial charge in [-0.25, -0.2) is 0 Å². The van der Waals surface area contributed by atoms with Gasteiger partial charge in [0.1, 0.15) is 5.70 Å². The standard InChI is InChI=1S/C32H25ClN4O3S/c33-26-14-5-7-16-28(26)36-30(38)20-41-24-12-8-11-23(18-24)35-32(40)29(37-31(39)21-9-2-1-3-10-21)17-22-19-34-27-15-6-4-13-25(22)27/h1-19,34H,20H2,(H,35,40)(H,36,38)(H,37,39)/b29-17-. The molecular weight excluding hydrogens is 556 g/mol. The second-order valence-electron chi connectivity index (χ2n) is 8.97. The van der Waals surface area contributed by atoms with Gasteiger partial charge in [0.2, 0.25) is 5.91 Å². The van der Waals surface area contributed by atoms with Gasteiger partial charge in [-0.3, -0.25) is 14.4 Å². The van der Waals surface area contributed by atoms with Gasteiger partial charge in [0.15, 0.2) is 0 Å². The summed E-state index contributed by atoms with van der Waals surface area (Å²) in [7, 11) is 0. The number of thioether (sulfide) groups is 1. The Balaban J connectivity index is 1.31. The number of carbonyl (C=O) groups excluding carboxylic acids is 3. The van der Waals surface area contributed by atoms with Crippen LogP contribution in [-0.4, -0.2) is 28.5 Å². The first-order chi connectivity index (χ1) is 20.0. The lowest BCUT2D eigenvalue weighted by Crippen LogP contribution is -2.30. The summed E-state index contributed by atoms with van der Waals surface area (Å²) in [6, 6.07) is 30.6. The topological polar surface area (TPSA) is 103 Å². The van der Waals surface area contributed by atoms with Gasteiger partial charge in [-0.1, -0.05) is 66.2 Å². The van der Waals surface area contributed by atoms with E-state index in [0.29, 0.717) is 22.0 Å². The number of aromatic nitrogens is 1. The molecule has 9 heteroatoms. The van der Waals surface area contributed by atoms with Crippen LogP contribution in [-0.2, 0) is 9.59 Å². The lowest BCUT2D eigenvalue weighted by Gasteiger charge is -2.12. The molecule has 0 saturated heterocycles. The zero-order valence-electron chi connectivity index (χ0n) is 21.7. The molecule has 1 aromatic heterocycles. The van der Waals surface area contributed by atoms with Crippen LogP contribution in [0.3, 0.4) is 0 Å². The van der Waals surface area contributed by atoms with Crippen LogP contribution < -0.4 is 16.0 Å². The van der Waals surface area contributed by atoms with E-state index in [1.165, 1.54) is 11.8 Å². The highest BCUT2D eigenvalue weighted by molar-refractivity contribution is 8.00. The number of rotatable bonds is 9. The number of hydrogen-bond donors (Lipinski definition) is 4. The van der Waals surface area contributed by atoms with Crippen LogP contribution in [0.5, 0.6) is 0 Å². The van der Waals surface area contributed by atoms with Gasteiger partial charge >= 0.3 is 0 Å². The van der Waals surface area contributed by atoms with Crippen LogP contribution in [0.15, 0.2) is 120 Å². The van der Waals surface area contributed by atoms with E-state index in [-0.39, 0.29) is 17.4 Å². The van der Waals surface area contributed by atoms with E-state index >= 15 is 0 Å². The molecular formula is C32H25ClN4O3S. The normalized spacial score (nSPS) is 11.2. The smallest absolute Gasteiger partial charge is 0.272 e. The van der Waals surface area contributed by atoms with Crippen LogP contribution in [0.1, 0.15) is 15.9 Å². The Morgan fingerprint density at radius 3 is 2.41 bits per heavy atom. The first kappa shape index (κ1) is 27.8. The Kier molecular flexibility index (Phi) is 8.83. The third-order valence-electron chi connectivity index (χ3n) is 6.06. The first-order valence-corrected chi connectivity index (χ1v) is 14.1. The summed E-state index contributed by atoms with van der Waals surface area (Å²) >= 11 is 7.45. The van der Waals surface area contributed by atoms with Crippen molar-refractivity contribution in [3.8, 4) is 0 Å². The van der Waals surface area contributed by atoms with Crippen LogP contribution in [0.2, 0.25) is 5.02 Å². The quantitative estimate of drug-likeness (QED) is 0.112. The number of nitrogens with one attached hydrogen (secondary N) is 4. The number of benzene rings is 4. The van der Waals surface area contributed by atoms with E-state index in [2.05, 4.69) is 20.9 Å². The lowest BCUT2D eigenvalue weighted by molar-refractivity contribution is -0.114. The minimum Gasteiger partial charge on any atom is -0.361 e. The lowest BCUT2D eigenvalue weighted by atomic mass is 10.1. The zero-order valence-corrected chi connectivity index (χ0v) is 23.3. The molecule has 41 heavy (non-hydrogen) atoms. The summed E-state index contributed by atoms with van der Waals surface area (Å²) in [6.45, 7) is 0. The molecule has 0 aliphatic rings. The number of aromatic amines is 1. The summed E-state index contributed by atoms with van der Waals surface area (Å²) in [5.41, 5.74) is 3.25. The Morgan fingerprint density at radius 2 is 1.59 bits per heavy atom. The number of hydrogen-bond acceptors (Lipinski definition) is 4. The van der Waals surface area contributed by atoms with Crippen molar-refractivity contribution in [3.63, 3.8) is 0 Å². The number of fused-ring (bicyclic) bond motifs is 1. The third-order valence-corrected chi connectivity index (χ3v) is 7.38. The van der Waals surface area contributed by atoms with E-state index in [4.69, 9.17) is 11.6 Å². The van der Waals surface area contributed by atoms with Crippen molar-refractivity contribution in [1.82, 2.24) is 10.3 Å². The molecule has 4 N–H and O–H groups in total. The molecule has 204 valence electrons. The number of halogens is 1. The van der Waals surface area contributed by atoms with Gasteiger partial charge in [0.05, 0.1) is 16.5 Å². The second-order valence-corrected chi connectivity index (χ2v) is 10.4. The Morgan fingerprint density at radius 1 is 0.829 bits per heavy atom. The van der Waals surface area contributed by atoms with Crippen molar-refractivity contribution in [1.29, 1.82) is 0 Å². The molecule has 0 saturated carbocycles. The van der Waals surface area contributed by atoms with E-state index < -0.39 is 11.8 Å². The largest absolute Gasteiger partial charge is 0.361 e. The summed E-state index contributed by atoms with van der Waals surface area (Å²) in [5.74, 6) is -0.939. The molecule has 0 aliphatic heterocycles. The molecule has 0 radical (unpaired) electrons. The summed E-state index contributed by atoms with van der Waals surface area (Å²) in [6.07, 6.45) is 3.43. The Bertz CT molecular complexity index is 1750. The van der Waals surface area contributed by atoms with Crippen molar-refractivity contribution in [2.75, 3.05) is 16.4 Å². The fourth-order valence-corrected chi connectivity index (χ4v) is 5.01. The molecule has 0 bridgehead atoms. The Hall–Kier alpha value is -4.79. The van der Waals surface area contributed by atoms with E-state index in [0.717, 1.165) is 21.4 Å². The molecule has 0 atom stereocenters. The number of para-hydroxylation sites is 2. The molecule has 5 aromatic rings. The van der Waals surface area contributed by atoms with Gasteiger partial charge in [-0.15, -0.1) is 11.8 Å². The molecule has 7 nitrogen and oxygen atoms in total. The average Bonchev–Trinajstić information content (AvgIpc) is 3.40. The molecule has 3 amide bonds. The van der Waals surface area contributed by atoms with Crippen molar-refractivity contribution < 1.29 is 14.4 Å². The third kappa shape index (κ3) is 7.25. The SMILES string of the molecule is O=C(CSc1cccc(NC(=O)/C(=C/c2c[nH]c3ccccc23)NC(=O)c2ccccc2)c1)Nc1ccccc1Cl. The summed E-state index contributed by atoms with van der Waals surface area (Å²) < 4.78 is 0. The van der Waals surface area contributed by atoms with Crippen LogP contribution >= 0.6 is 23.4 Å². The number of H-pyrrole nitrogens is 1. The highest BCUT2D eigenvalue weighted by Gasteiger charge is 2.16. The molecule has 5 rings (SSSR count). The fraction of sp³-hybridized carbons (Fsp3) is 0.0312. The predicted molar refractivity (Wildman–Crippen MR) is 166 cm³/mol. The van der Waals surface area contributed by atoms with Crippen molar-refractivity contribution in [2.24, 2.45) is 0 Å². The molecule has 4 aromatic carbocycles. The van der Waals surface area contributed by atoms with Gasteiger partial charge < -0.3 is 20.9 Å². The summed E-state index contributed by atoms with van der Waals surface area (Å²) in [5, 5.41) is 9.81. The molecule has 0 aliphatic carbocycles. The average molecular weight is 581 g/mol. The van der Waals surface area contributed by atoms with Crippen LogP contribution in [0.4, 0.5) is 11.4 Å². The van der Waals surface area contributed by atoms with Crippen LogP contribution in [0, 0.1) is 0 Å². The monoisotopic (exact) mass is 580 g/mol. The van der Waals surface area contributed by atoms with E-state index in [9.17, 15) is 14.4 Å². The number of amides is 3. The maximum Gasteiger partial charge on any atom is 0.272 e. The van der Waals surface area contributed by atoms with Crippen molar-refractivity contribution in [2.45, 2.75) is 4.90 Å². The first-order valence-electron chi connectivity index (χ1n) is 12.7. The van der Waals surface area contributed by atoms with E-state index in [1.807, 2.05) is 36.4 Å². The maximum absolute atomic E-state index is 13.5. The van der Waals surface area contributed by atoms with Crippen LogP contribution in [0.25, 0.3) is 17.0 Å². The molecule has 1 heterocycles. The number of anilines is 2. The highest BCUT2D eigenvalue weighted by atomic mass is 35.5. The highest BCUT2D eigenvalue weighted by Crippen LogP contribution is 2.25. The predicted octanol–water partition coefficient (Wildman–Crippen LogP) is 6.96. The zero-order chi connectivity index (χ0) is 28.6. The van der Waals surface area contributed by atoms with Crippen molar-refractivity contribution >= 4 is 69.4 Å². The Labute approximate surface area is 246 Å². The molecule has 0 fully saturated rings. The fourth-order valence-electron chi connectivity index (χ4n) is 4.07. The minimum absolute atomic E-state index is 0.0841. The second kappa shape index (κ2) is 13.0. The van der Waals surface area contributed by atoms with Gasteiger partial charge in [-0.05, 0) is 54.6 Å². The van der Waals surface area contributed by atoms with E-state index in [1.54, 1.807) is 79.0 Å². The van der Waals surface area contributed by atoms with Gasteiger partial charge in [-0.2, -0.15) is 0 Å². The van der Waals surface area contributed by atoms with Gasteiger partial charge in [0.25, 0.3) is 11.8 Å². The molecule has 0 spiro atoms. The molecule has 0 unspecified atom stereocenters. The minimum atomic E-state index is -0.488. The maximum atomic E-state index is 13.5.